The first-order valence-corrected chi connectivity index (χ1v) is 17.9. The Kier molecular flexibility index (Phi) is 7.03. The van der Waals surface area contributed by atoms with Crippen molar-refractivity contribution in [3.05, 3.63) is 205 Å². The van der Waals surface area contributed by atoms with Crippen LogP contribution in [0.2, 0.25) is 0 Å². The minimum absolute atomic E-state index is 0.297. The highest BCUT2D eigenvalue weighted by molar-refractivity contribution is 6.14. The van der Waals surface area contributed by atoms with Gasteiger partial charge in [0.25, 0.3) is 0 Å². The van der Waals surface area contributed by atoms with Crippen LogP contribution in [0.1, 0.15) is 17.9 Å². The highest BCUT2D eigenvalue weighted by Crippen LogP contribution is 2.41. The van der Waals surface area contributed by atoms with Crippen LogP contribution in [-0.2, 0) is 0 Å². The second-order valence-corrected chi connectivity index (χ2v) is 13.7. The Morgan fingerprint density at radius 1 is 0.412 bits per heavy atom. The van der Waals surface area contributed by atoms with E-state index in [9.17, 15) is 0 Å². The monoisotopic (exact) mass is 649 g/mol. The number of anilines is 2. The van der Waals surface area contributed by atoms with E-state index in [4.69, 9.17) is 0 Å². The van der Waals surface area contributed by atoms with Crippen molar-refractivity contribution >= 4 is 65.2 Å². The molecule has 51 heavy (non-hydrogen) atoms. The van der Waals surface area contributed by atoms with Gasteiger partial charge in [0, 0.05) is 23.0 Å². The van der Waals surface area contributed by atoms with Gasteiger partial charge in [-0.3, -0.25) is 0 Å². The maximum absolute atomic E-state index is 2.43. The third-order valence-corrected chi connectivity index (χ3v) is 10.7. The number of hydrogen-bond donors (Lipinski definition) is 0. The van der Waals surface area contributed by atoms with E-state index in [1.54, 1.807) is 0 Å². The van der Waals surface area contributed by atoms with E-state index in [0.29, 0.717) is 5.92 Å². The summed E-state index contributed by atoms with van der Waals surface area (Å²) in [6.07, 6.45) is 8.10. The highest BCUT2D eigenvalue weighted by atomic mass is 15.1. The summed E-state index contributed by atoms with van der Waals surface area (Å²) < 4.78 is 0. The van der Waals surface area contributed by atoms with Crippen LogP contribution in [0, 0.1) is 0 Å². The van der Waals surface area contributed by atoms with Crippen LogP contribution in [0.15, 0.2) is 200 Å². The van der Waals surface area contributed by atoms with E-state index in [1.165, 1.54) is 76.2 Å². The van der Waals surface area contributed by atoms with Crippen LogP contribution >= 0.6 is 0 Å². The second kappa shape index (κ2) is 12.2. The van der Waals surface area contributed by atoms with Gasteiger partial charge >= 0.3 is 0 Å². The van der Waals surface area contributed by atoms with E-state index in [0.717, 1.165) is 17.8 Å². The average molecular weight is 650 g/mol. The Bertz CT molecular complexity index is 2840. The molecule has 0 fully saturated rings. The van der Waals surface area contributed by atoms with Crippen molar-refractivity contribution < 1.29 is 0 Å². The minimum Gasteiger partial charge on any atom is -0.311 e. The van der Waals surface area contributed by atoms with Gasteiger partial charge in [-0.25, -0.2) is 0 Å². The van der Waals surface area contributed by atoms with Gasteiger partial charge in [0.05, 0.1) is 0 Å². The Hall–Kier alpha value is -6.44. The third kappa shape index (κ3) is 5.09. The molecular weight excluding hydrogens is 615 g/mol. The quantitative estimate of drug-likeness (QED) is 0.168. The number of benzene rings is 9. The van der Waals surface area contributed by atoms with Gasteiger partial charge in [0.15, 0.2) is 0 Å². The summed E-state index contributed by atoms with van der Waals surface area (Å²) in [5.74, 6) is 0.297. The Labute approximate surface area is 298 Å². The van der Waals surface area contributed by atoms with Crippen molar-refractivity contribution in [1.29, 1.82) is 0 Å². The average Bonchev–Trinajstić information content (AvgIpc) is 3.21. The number of allylic oxidation sites excluding steroid dienone is 3. The lowest BCUT2D eigenvalue weighted by atomic mass is 9.86. The molecule has 1 aliphatic carbocycles. The number of nitrogens with zero attached hydrogens (tertiary/aromatic N) is 1. The van der Waals surface area contributed by atoms with Gasteiger partial charge in [0.2, 0.25) is 0 Å². The molecule has 0 spiro atoms. The zero-order valence-electron chi connectivity index (χ0n) is 28.2. The molecule has 0 aliphatic heterocycles. The predicted molar refractivity (Wildman–Crippen MR) is 219 cm³/mol. The standard InChI is InChI=1S/C50H35N/c1-2-12-37-31-42(30-21-34(37)11-1)51(40-26-22-35(23-27-40)49-32-38-13-3-5-15-43(38)45-17-7-9-19-47(45)49)41-28-24-36(25-29-41)50-33-39-14-4-6-16-44(39)46-18-8-10-20-48(46)50/h1-24,26-33,36H,25H2. The Morgan fingerprint density at radius 3 is 1.65 bits per heavy atom. The highest BCUT2D eigenvalue weighted by Gasteiger charge is 2.21. The summed E-state index contributed by atoms with van der Waals surface area (Å²) in [5.41, 5.74) is 7.36. The first kappa shape index (κ1) is 29.5. The maximum atomic E-state index is 2.43. The van der Waals surface area contributed by atoms with Crippen molar-refractivity contribution in [2.75, 3.05) is 4.90 Å². The molecule has 1 unspecified atom stereocenters. The van der Waals surface area contributed by atoms with Crippen LogP contribution in [-0.4, -0.2) is 0 Å². The molecule has 0 saturated carbocycles. The second-order valence-electron chi connectivity index (χ2n) is 13.7. The van der Waals surface area contributed by atoms with Gasteiger partial charge in [0.1, 0.15) is 0 Å². The van der Waals surface area contributed by atoms with Gasteiger partial charge < -0.3 is 4.90 Å². The number of fused-ring (bicyclic) bond motifs is 7. The molecule has 0 saturated heterocycles. The molecule has 0 radical (unpaired) electrons. The molecule has 1 aliphatic rings. The predicted octanol–water partition coefficient (Wildman–Crippen LogP) is 13.9. The summed E-state index contributed by atoms with van der Waals surface area (Å²) in [5, 5.41) is 12.9. The summed E-state index contributed by atoms with van der Waals surface area (Å²) in [6.45, 7) is 0. The fourth-order valence-electron chi connectivity index (χ4n) is 8.24. The fraction of sp³-hybridized carbons (Fsp3) is 0.0400. The van der Waals surface area contributed by atoms with Crippen LogP contribution in [0.3, 0.4) is 0 Å². The van der Waals surface area contributed by atoms with Crippen LogP contribution in [0.5, 0.6) is 0 Å². The van der Waals surface area contributed by atoms with E-state index in [1.807, 2.05) is 0 Å². The van der Waals surface area contributed by atoms with Gasteiger partial charge in [-0.1, -0.05) is 152 Å². The molecule has 0 heterocycles. The first-order valence-electron chi connectivity index (χ1n) is 17.9. The lowest BCUT2D eigenvalue weighted by molar-refractivity contribution is 0.848. The molecule has 1 atom stereocenters. The van der Waals surface area contributed by atoms with Gasteiger partial charge in [-0.2, -0.15) is 0 Å². The zero-order chi connectivity index (χ0) is 33.7. The molecular formula is C50H35N. The lowest BCUT2D eigenvalue weighted by Crippen LogP contribution is -2.17. The van der Waals surface area contributed by atoms with Crippen molar-refractivity contribution in [1.82, 2.24) is 0 Å². The summed E-state index contributed by atoms with van der Waals surface area (Å²) in [6, 6.07) is 64.4. The normalized spacial score (nSPS) is 14.4. The SMILES string of the molecule is C1=CC(c2cc3ccccc3c3ccccc23)CC=C1N(c1ccc(-c2cc3ccccc3c3ccccc23)cc1)c1ccc2ccccc2c1. The summed E-state index contributed by atoms with van der Waals surface area (Å²) in [7, 11) is 0. The summed E-state index contributed by atoms with van der Waals surface area (Å²) in [4.78, 5) is 2.42. The molecule has 240 valence electrons. The van der Waals surface area contributed by atoms with E-state index in [-0.39, 0.29) is 0 Å². The maximum Gasteiger partial charge on any atom is 0.0467 e. The fourth-order valence-corrected chi connectivity index (χ4v) is 8.24. The van der Waals surface area contributed by atoms with Gasteiger partial charge in [-0.15, -0.1) is 0 Å². The largest absolute Gasteiger partial charge is 0.311 e. The van der Waals surface area contributed by atoms with E-state index >= 15 is 0 Å². The lowest BCUT2D eigenvalue weighted by Gasteiger charge is -2.30. The van der Waals surface area contributed by atoms with Crippen molar-refractivity contribution in [3.8, 4) is 11.1 Å². The number of rotatable bonds is 5. The first-order chi connectivity index (χ1) is 25.3. The van der Waals surface area contributed by atoms with E-state index in [2.05, 4.69) is 199 Å². The van der Waals surface area contributed by atoms with Crippen molar-refractivity contribution in [2.24, 2.45) is 0 Å². The molecule has 0 amide bonds. The smallest absolute Gasteiger partial charge is 0.0467 e. The molecule has 10 rings (SSSR count). The van der Waals surface area contributed by atoms with Crippen LogP contribution in [0.25, 0.3) is 65.0 Å². The Morgan fingerprint density at radius 2 is 0.961 bits per heavy atom. The van der Waals surface area contributed by atoms with Crippen molar-refractivity contribution in [2.45, 2.75) is 12.3 Å². The third-order valence-electron chi connectivity index (χ3n) is 10.7. The minimum atomic E-state index is 0.297. The van der Waals surface area contributed by atoms with Crippen LogP contribution < -0.4 is 4.90 Å². The Balaban J connectivity index is 1.06. The number of hydrogen-bond acceptors (Lipinski definition) is 1. The molecule has 9 aromatic carbocycles. The molecule has 0 N–H and O–H groups in total. The molecule has 1 heteroatoms. The molecule has 0 bridgehead atoms. The molecule has 1 nitrogen and oxygen atoms in total. The van der Waals surface area contributed by atoms with E-state index < -0.39 is 0 Å². The van der Waals surface area contributed by atoms with Gasteiger partial charge in [-0.05, 0) is 119 Å². The topological polar surface area (TPSA) is 3.24 Å². The zero-order valence-corrected chi connectivity index (χ0v) is 28.2. The van der Waals surface area contributed by atoms with Crippen molar-refractivity contribution in [3.63, 3.8) is 0 Å². The molecule has 9 aromatic rings. The molecule has 0 aromatic heterocycles. The van der Waals surface area contributed by atoms with Crippen LogP contribution in [0.4, 0.5) is 11.4 Å². The summed E-state index contributed by atoms with van der Waals surface area (Å²) >= 11 is 0.